The zero-order valence-electron chi connectivity index (χ0n) is 8.39. The van der Waals surface area contributed by atoms with Gasteiger partial charge in [0.25, 0.3) is 5.56 Å². The van der Waals surface area contributed by atoms with Crippen LogP contribution in [0.4, 0.5) is 0 Å². The molecule has 1 aliphatic carbocycles. The minimum absolute atomic E-state index is 0. The first-order valence-electron chi connectivity index (χ1n) is 4.07. The maximum Gasteiger partial charge on any atom is 1.00 e. The molecule has 0 radical (unpaired) electrons. The van der Waals surface area contributed by atoms with Gasteiger partial charge in [0.2, 0.25) is 0 Å². The Morgan fingerprint density at radius 3 is 2.83 bits per heavy atom. The Kier molecular flexibility index (Phi) is 3.56. The van der Waals surface area contributed by atoms with E-state index in [-0.39, 0.29) is 36.5 Å². The number of rotatable bonds is 0. The molecule has 2 rings (SSSR count). The van der Waals surface area contributed by atoms with Crippen LogP contribution in [0.15, 0.2) is 17.1 Å². The molecule has 60 valence electrons. The molecular weight excluding hydrogens is 161 g/mol. The minimum Gasteiger partial charge on any atom is -1.00 e. The second-order valence-electron chi connectivity index (χ2n) is 3.02. The van der Waals surface area contributed by atoms with Gasteiger partial charge in [0.05, 0.1) is 0 Å². The van der Waals surface area contributed by atoms with Gasteiger partial charge in [-0.1, -0.05) is 0 Å². The Balaban J connectivity index is 0.000000720. The van der Waals surface area contributed by atoms with Crippen LogP contribution in [-0.2, 0) is 12.8 Å². The molecule has 1 aromatic heterocycles. The molecule has 0 saturated carbocycles. The first-order chi connectivity index (χ1) is 5.38. The van der Waals surface area contributed by atoms with E-state index in [9.17, 15) is 4.79 Å². The molecule has 1 aliphatic rings. The van der Waals surface area contributed by atoms with Gasteiger partial charge in [0.15, 0.2) is 0 Å². The normalized spacial score (nSPS) is 14.7. The van der Waals surface area contributed by atoms with E-state index in [1.807, 2.05) is 6.07 Å². The first kappa shape index (κ1) is 10.0. The Morgan fingerprint density at radius 1 is 1.33 bits per heavy atom. The molecule has 0 fully saturated rings. The van der Waals surface area contributed by atoms with Crippen molar-refractivity contribution in [2.75, 3.05) is 0 Å². The van der Waals surface area contributed by atoms with Crippen molar-refractivity contribution in [1.82, 2.24) is 4.98 Å². The fraction of sp³-hybridized carbons (Fsp3) is 0.444. The first-order valence-corrected chi connectivity index (χ1v) is 4.07. The summed E-state index contributed by atoms with van der Waals surface area (Å²) in [5, 5.41) is 0. The van der Waals surface area contributed by atoms with Crippen LogP contribution in [-0.4, -0.2) is 4.98 Å². The van der Waals surface area contributed by atoms with Crippen molar-refractivity contribution in [3.63, 3.8) is 0 Å². The maximum atomic E-state index is 11.2. The largest absolute Gasteiger partial charge is 1.00 e. The molecule has 0 aromatic carbocycles. The smallest absolute Gasteiger partial charge is 1.00 e. The zero-order chi connectivity index (χ0) is 7.68. The second-order valence-corrected chi connectivity index (χ2v) is 3.02. The van der Waals surface area contributed by atoms with E-state index >= 15 is 0 Å². The standard InChI is InChI=1S/C9H11NO.Na.H/c11-9-8-4-2-1-3-7(8)5-6-10-9;;/h5-6H,1-4H2,(H,10,11);;/q;+1;-1. The molecule has 0 bridgehead atoms. The molecule has 0 atom stereocenters. The monoisotopic (exact) mass is 173 g/mol. The van der Waals surface area contributed by atoms with Gasteiger partial charge >= 0.3 is 29.6 Å². The number of hydrogen-bond donors (Lipinski definition) is 1. The second kappa shape index (κ2) is 4.26. The third-order valence-electron chi connectivity index (χ3n) is 2.28. The summed E-state index contributed by atoms with van der Waals surface area (Å²) in [6, 6.07) is 2.02. The molecule has 0 aliphatic heterocycles. The Hall–Kier alpha value is -0.0500. The third kappa shape index (κ3) is 1.82. The van der Waals surface area contributed by atoms with Gasteiger partial charge in [-0.05, 0) is 37.3 Å². The average molecular weight is 173 g/mol. The third-order valence-corrected chi connectivity index (χ3v) is 2.28. The number of aromatic amines is 1. The molecule has 0 saturated heterocycles. The number of H-pyrrole nitrogens is 1. The summed E-state index contributed by atoms with van der Waals surface area (Å²) in [5.41, 5.74) is 2.38. The van der Waals surface area contributed by atoms with Crippen LogP contribution in [0.2, 0.25) is 0 Å². The molecule has 12 heavy (non-hydrogen) atoms. The summed E-state index contributed by atoms with van der Waals surface area (Å²) in [6.07, 6.45) is 6.19. The zero-order valence-corrected chi connectivity index (χ0v) is 9.39. The average Bonchev–Trinajstić information content (AvgIpc) is 2.06. The molecule has 1 heterocycles. The molecule has 2 nitrogen and oxygen atoms in total. The predicted molar refractivity (Wildman–Crippen MR) is 44.8 cm³/mol. The molecule has 1 aromatic rings. The van der Waals surface area contributed by atoms with E-state index < -0.39 is 0 Å². The van der Waals surface area contributed by atoms with Crippen LogP contribution in [0, 0.1) is 0 Å². The fourth-order valence-electron chi connectivity index (χ4n) is 1.68. The summed E-state index contributed by atoms with van der Waals surface area (Å²) in [7, 11) is 0. The van der Waals surface area contributed by atoms with Gasteiger partial charge in [-0.2, -0.15) is 0 Å². The quantitative estimate of drug-likeness (QED) is 0.469. The summed E-state index contributed by atoms with van der Waals surface area (Å²) >= 11 is 0. The number of pyridine rings is 1. The van der Waals surface area contributed by atoms with E-state index in [4.69, 9.17) is 0 Å². The van der Waals surface area contributed by atoms with Crippen LogP contribution in [0.1, 0.15) is 25.4 Å². The molecule has 1 N–H and O–H groups in total. The van der Waals surface area contributed by atoms with E-state index in [2.05, 4.69) is 4.98 Å². The topological polar surface area (TPSA) is 32.9 Å². The number of nitrogens with one attached hydrogen (secondary N) is 1. The van der Waals surface area contributed by atoms with Gasteiger partial charge in [0.1, 0.15) is 0 Å². The van der Waals surface area contributed by atoms with Crippen molar-refractivity contribution in [3.05, 3.63) is 33.7 Å². The number of aryl methyl sites for hydroxylation is 1. The number of hydrogen-bond acceptors (Lipinski definition) is 1. The Labute approximate surface area is 95.2 Å². The van der Waals surface area contributed by atoms with Crippen LogP contribution >= 0.6 is 0 Å². The van der Waals surface area contributed by atoms with Crippen molar-refractivity contribution in [2.24, 2.45) is 0 Å². The van der Waals surface area contributed by atoms with Crippen LogP contribution < -0.4 is 35.1 Å². The molecule has 0 amide bonds. The van der Waals surface area contributed by atoms with Gasteiger partial charge in [0, 0.05) is 11.8 Å². The summed E-state index contributed by atoms with van der Waals surface area (Å²) < 4.78 is 0. The van der Waals surface area contributed by atoms with E-state index in [1.165, 1.54) is 18.4 Å². The van der Waals surface area contributed by atoms with Gasteiger partial charge in [-0.15, -0.1) is 0 Å². The maximum absolute atomic E-state index is 11.2. The summed E-state index contributed by atoms with van der Waals surface area (Å²) in [6.45, 7) is 0. The molecule has 0 unspecified atom stereocenters. The Morgan fingerprint density at radius 2 is 2.08 bits per heavy atom. The molecular formula is C9H12NNaO. The number of aromatic nitrogens is 1. The predicted octanol–water partition coefficient (Wildman–Crippen LogP) is -1.63. The van der Waals surface area contributed by atoms with E-state index in [1.54, 1.807) is 6.20 Å². The molecule has 0 spiro atoms. The number of fused-ring (bicyclic) bond motifs is 1. The van der Waals surface area contributed by atoms with Crippen LogP contribution in [0.25, 0.3) is 0 Å². The van der Waals surface area contributed by atoms with Crippen molar-refractivity contribution < 1.29 is 31.0 Å². The SMILES string of the molecule is O=c1[nH]ccc2c1CCCC2.[H-].[Na+]. The van der Waals surface area contributed by atoms with Gasteiger partial charge in [-0.25, -0.2) is 0 Å². The van der Waals surface area contributed by atoms with Crippen molar-refractivity contribution >= 4 is 0 Å². The van der Waals surface area contributed by atoms with Crippen LogP contribution in [0.5, 0.6) is 0 Å². The summed E-state index contributed by atoms with van der Waals surface area (Å²) in [5.74, 6) is 0. The van der Waals surface area contributed by atoms with Gasteiger partial charge in [-0.3, -0.25) is 4.79 Å². The minimum atomic E-state index is 0. The van der Waals surface area contributed by atoms with Crippen molar-refractivity contribution in [3.8, 4) is 0 Å². The van der Waals surface area contributed by atoms with E-state index in [0.717, 1.165) is 18.4 Å². The van der Waals surface area contributed by atoms with E-state index in [0.29, 0.717) is 0 Å². The molecule has 3 heteroatoms. The van der Waals surface area contributed by atoms with Gasteiger partial charge < -0.3 is 6.41 Å². The summed E-state index contributed by atoms with van der Waals surface area (Å²) in [4.78, 5) is 13.9. The fourth-order valence-corrected chi connectivity index (χ4v) is 1.68. The van der Waals surface area contributed by atoms with Crippen molar-refractivity contribution in [1.29, 1.82) is 0 Å². The Bertz CT molecular complexity index is 324. The van der Waals surface area contributed by atoms with Crippen LogP contribution in [0.3, 0.4) is 0 Å². The van der Waals surface area contributed by atoms with Crippen molar-refractivity contribution in [2.45, 2.75) is 25.7 Å².